The summed E-state index contributed by atoms with van der Waals surface area (Å²) in [4.78, 5) is 0. The average Bonchev–Trinajstić information content (AvgIpc) is 2.47. The molecule has 0 aromatic heterocycles. The molecule has 0 bridgehead atoms. The molecular formula is C19H31NO. The lowest BCUT2D eigenvalue weighted by Crippen LogP contribution is -2.43. The van der Waals surface area contributed by atoms with Gasteiger partial charge in [0, 0.05) is 0 Å². The highest BCUT2D eigenvalue weighted by atomic mass is 16.5. The van der Waals surface area contributed by atoms with Gasteiger partial charge in [0.05, 0.1) is 17.7 Å². The van der Waals surface area contributed by atoms with Crippen molar-refractivity contribution in [1.29, 1.82) is 0 Å². The standard InChI is InChI=1S/C19H31NO/c1-6-12-20-18-16-11-9-8-10-15(16)14(3)13-17(18)21-19(4,5)7-2/h8-11,14,17-18,20H,6-7,12-13H2,1-5H3. The monoisotopic (exact) mass is 289 g/mol. The maximum atomic E-state index is 6.50. The van der Waals surface area contributed by atoms with Gasteiger partial charge >= 0.3 is 0 Å². The zero-order chi connectivity index (χ0) is 15.5. The molecule has 0 saturated carbocycles. The van der Waals surface area contributed by atoms with Crippen molar-refractivity contribution in [2.24, 2.45) is 0 Å². The third-order valence-electron chi connectivity index (χ3n) is 4.76. The van der Waals surface area contributed by atoms with Crippen molar-refractivity contribution < 1.29 is 4.74 Å². The van der Waals surface area contributed by atoms with Crippen LogP contribution < -0.4 is 5.32 Å². The van der Waals surface area contributed by atoms with Gasteiger partial charge in [-0.25, -0.2) is 0 Å². The SMILES string of the molecule is CCCNC1c2ccccc2C(C)CC1OC(C)(C)CC. The molecule has 2 rings (SSSR count). The van der Waals surface area contributed by atoms with E-state index < -0.39 is 0 Å². The van der Waals surface area contributed by atoms with E-state index in [1.807, 2.05) is 0 Å². The largest absolute Gasteiger partial charge is 0.370 e. The molecule has 2 heteroatoms. The molecule has 0 saturated heterocycles. The van der Waals surface area contributed by atoms with Crippen molar-refractivity contribution in [2.45, 2.75) is 77.5 Å². The molecule has 1 N–H and O–H groups in total. The first-order valence-electron chi connectivity index (χ1n) is 8.48. The molecule has 3 atom stereocenters. The van der Waals surface area contributed by atoms with E-state index in [4.69, 9.17) is 4.74 Å². The maximum absolute atomic E-state index is 6.50. The van der Waals surface area contributed by atoms with Crippen molar-refractivity contribution in [1.82, 2.24) is 5.32 Å². The highest BCUT2D eigenvalue weighted by Crippen LogP contribution is 2.40. The van der Waals surface area contributed by atoms with E-state index in [1.54, 1.807) is 0 Å². The predicted molar refractivity (Wildman–Crippen MR) is 89.8 cm³/mol. The lowest BCUT2D eigenvalue weighted by atomic mass is 9.79. The molecule has 0 radical (unpaired) electrons. The Bertz CT molecular complexity index is 455. The minimum atomic E-state index is -0.0528. The third kappa shape index (κ3) is 3.87. The van der Waals surface area contributed by atoms with Gasteiger partial charge in [-0.05, 0) is 56.7 Å². The molecule has 118 valence electrons. The Labute approximate surface area is 130 Å². The molecule has 1 aromatic rings. The number of benzene rings is 1. The minimum Gasteiger partial charge on any atom is -0.370 e. The Kier molecular flexibility index (Phi) is 5.45. The van der Waals surface area contributed by atoms with Gasteiger partial charge in [-0.3, -0.25) is 0 Å². The summed E-state index contributed by atoms with van der Waals surface area (Å²) < 4.78 is 6.50. The first-order chi connectivity index (χ1) is 9.98. The Morgan fingerprint density at radius 1 is 1.19 bits per heavy atom. The molecular weight excluding hydrogens is 258 g/mol. The third-order valence-corrected chi connectivity index (χ3v) is 4.76. The molecule has 1 aliphatic carbocycles. The molecule has 0 spiro atoms. The number of ether oxygens (including phenoxy) is 1. The van der Waals surface area contributed by atoms with Crippen LogP contribution in [-0.2, 0) is 4.74 Å². The minimum absolute atomic E-state index is 0.0528. The second-order valence-corrected chi connectivity index (χ2v) is 6.97. The van der Waals surface area contributed by atoms with Gasteiger partial charge in [-0.15, -0.1) is 0 Å². The number of fused-ring (bicyclic) bond motifs is 1. The van der Waals surface area contributed by atoms with E-state index in [0.717, 1.165) is 25.8 Å². The number of hydrogen-bond donors (Lipinski definition) is 1. The van der Waals surface area contributed by atoms with Gasteiger partial charge in [-0.1, -0.05) is 45.0 Å². The molecule has 0 heterocycles. The molecule has 21 heavy (non-hydrogen) atoms. The first kappa shape index (κ1) is 16.5. The highest BCUT2D eigenvalue weighted by molar-refractivity contribution is 5.36. The van der Waals surface area contributed by atoms with Gasteiger partial charge in [0.25, 0.3) is 0 Å². The van der Waals surface area contributed by atoms with Crippen LogP contribution in [0.1, 0.15) is 77.0 Å². The van der Waals surface area contributed by atoms with E-state index in [2.05, 4.69) is 64.2 Å². The summed E-state index contributed by atoms with van der Waals surface area (Å²) in [5, 5.41) is 3.72. The van der Waals surface area contributed by atoms with Gasteiger partial charge in [0.2, 0.25) is 0 Å². The van der Waals surface area contributed by atoms with Crippen LogP contribution in [-0.4, -0.2) is 18.2 Å². The summed E-state index contributed by atoms with van der Waals surface area (Å²) in [6.45, 7) is 12.2. The molecule has 3 unspecified atom stereocenters. The molecule has 0 aliphatic heterocycles. The lowest BCUT2D eigenvalue weighted by Gasteiger charge is -2.41. The van der Waals surface area contributed by atoms with Gasteiger partial charge in [-0.2, -0.15) is 0 Å². The van der Waals surface area contributed by atoms with Gasteiger partial charge in [0.1, 0.15) is 0 Å². The second-order valence-electron chi connectivity index (χ2n) is 6.97. The summed E-state index contributed by atoms with van der Waals surface area (Å²) in [6.07, 6.45) is 3.55. The fourth-order valence-electron chi connectivity index (χ4n) is 3.21. The van der Waals surface area contributed by atoms with Crippen molar-refractivity contribution >= 4 is 0 Å². The Morgan fingerprint density at radius 3 is 2.48 bits per heavy atom. The topological polar surface area (TPSA) is 21.3 Å². The second kappa shape index (κ2) is 6.93. The normalized spacial score (nSPS) is 25.7. The number of nitrogens with one attached hydrogen (secondary N) is 1. The van der Waals surface area contributed by atoms with Crippen LogP contribution in [0.15, 0.2) is 24.3 Å². The highest BCUT2D eigenvalue weighted by Gasteiger charge is 2.36. The number of hydrogen-bond acceptors (Lipinski definition) is 2. The molecule has 1 aliphatic rings. The zero-order valence-corrected chi connectivity index (χ0v) is 14.3. The Hall–Kier alpha value is -0.860. The first-order valence-corrected chi connectivity index (χ1v) is 8.48. The zero-order valence-electron chi connectivity index (χ0n) is 14.3. The van der Waals surface area contributed by atoms with Crippen LogP contribution in [0.5, 0.6) is 0 Å². The Morgan fingerprint density at radius 2 is 1.86 bits per heavy atom. The van der Waals surface area contributed by atoms with E-state index in [1.165, 1.54) is 11.1 Å². The van der Waals surface area contributed by atoms with Crippen molar-refractivity contribution in [3.63, 3.8) is 0 Å². The maximum Gasteiger partial charge on any atom is 0.0782 e. The van der Waals surface area contributed by atoms with E-state index >= 15 is 0 Å². The quantitative estimate of drug-likeness (QED) is 0.811. The fraction of sp³-hybridized carbons (Fsp3) is 0.684. The fourth-order valence-corrected chi connectivity index (χ4v) is 3.21. The summed E-state index contributed by atoms with van der Waals surface area (Å²) in [5.74, 6) is 0.568. The van der Waals surface area contributed by atoms with Crippen LogP contribution >= 0.6 is 0 Å². The van der Waals surface area contributed by atoms with Gasteiger partial charge < -0.3 is 10.1 Å². The van der Waals surface area contributed by atoms with Crippen LogP contribution in [0.2, 0.25) is 0 Å². The molecule has 0 amide bonds. The molecule has 0 fully saturated rings. The van der Waals surface area contributed by atoms with E-state index in [0.29, 0.717) is 12.0 Å². The van der Waals surface area contributed by atoms with E-state index in [9.17, 15) is 0 Å². The summed E-state index contributed by atoms with van der Waals surface area (Å²) >= 11 is 0. The van der Waals surface area contributed by atoms with Crippen LogP contribution in [0.25, 0.3) is 0 Å². The van der Waals surface area contributed by atoms with Crippen LogP contribution in [0.4, 0.5) is 0 Å². The Balaban J connectivity index is 2.28. The van der Waals surface area contributed by atoms with Gasteiger partial charge in [0.15, 0.2) is 0 Å². The van der Waals surface area contributed by atoms with Crippen molar-refractivity contribution in [3.05, 3.63) is 35.4 Å². The van der Waals surface area contributed by atoms with E-state index in [-0.39, 0.29) is 11.7 Å². The summed E-state index contributed by atoms with van der Waals surface area (Å²) in [7, 11) is 0. The predicted octanol–water partition coefficient (Wildman–Crippen LogP) is 4.81. The van der Waals surface area contributed by atoms with Crippen LogP contribution in [0, 0.1) is 0 Å². The molecule has 1 aromatic carbocycles. The number of rotatable bonds is 6. The smallest absolute Gasteiger partial charge is 0.0782 e. The molecule has 2 nitrogen and oxygen atoms in total. The van der Waals surface area contributed by atoms with Crippen molar-refractivity contribution in [3.8, 4) is 0 Å². The summed E-state index contributed by atoms with van der Waals surface area (Å²) in [6, 6.07) is 9.18. The average molecular weight is 289 g/mol. The van der Waals surface area contributed by atoms with Crippen LogP contribution in [0.3, 0.4) is 0 Å². The summed E-state index contributed by atoms with van der Waals surface area (Å²) in [5.41, 5.74) is 2.87. The van der Waals surface area contributed by atoms with Crippen molar-refractivity contribution in [2.75, 3.05) is 6.54 Å². The lowest BCUT2D eigenvalue weighted by molar-refractivity contribution is -0.0962.